The standard InChI is InChI=1S/C17H30N4O2/c1-16(2,3)15-20-14(23-21-15)7-5-6-13(22)19-12-17(4)8-10-18-11-9-17/h18H,5-12H2,1-4H3,(H,19,22). The van der Waals surface area contributed by atoms with E-state index in [1.54, 1.807) is 0 Å². The molecule has 0 spiro atoms. The number of rotatable bonds is 6. The first-order chi connectivity index (χ1) is 10.8. The maximum absolute atomic E-state index is 12.0. The highest BCUT2D eigenvalue weighted by atomic mass is 16.5. The second kappa shape index (κ2) is 7.43. The van der Waals surface area contributed by atoms with Crippen molar-refractivity contribution in [3.63, 3.8) is 0 Å². The Labute approximate surface area is 138 Å². The number of aryl methyl sites for hydroxylation is 1. The minimum absolute atomic E-state index is 0.108. The normalized spacial score (nSPS) is 17.9. The van der Waals surface area contributed by atoms with E-state index in [0.29, 0.717) is 18.7 Å². The molecular weight excluding hydrogens is 292 g/mol. The molecule has 2 heterocycles. The van der Waals surface area contributed by atoms with E-state index in [9.17, 15) is 4.79 Å². The Kier molecular flexibility index (Phi) is 5.79. The number of piperidine rings is 1. The molecule has 0 unspecified atom stereocenters. The van der Waals surface area contributed by atoms with E-state index in [2.05, 4.69) is 48.5 Å². The fraction of sp³-hybridized carbons (Fsp3) is 0.824. The van der Waals surface area contributed by atoms with Gasteiger partial charge in [-0.3, -0.25) is 4.79 Å². The summed E-state index contributed by atoms with van der Waals surface area (Å²) in [4.78, 5) is 16.4. The molecule has 1 saturated heterocycles. The molecule has 0 atom stereocenters. The van der Waals surface area contributed by atoms with E-state index in [1.165, 1.54) is 0 Å². The molecule has 130 valence electrons. The first kappa shape index (κ1) is 17.9. The Bertz CT molecular complexity index is 513. The number of hydrogen-bond donors (Lipinski definition) is 2. The van der Waals surface area contributed by atoms with Crippen molar-refractivity contribution in [1.29, 1.82) is 0 Å². The average molecular weight is 322 g/mol. The van der Waals surface area contributed by atoms with Gasteiger partial charge in [0.25, 0.3) is 0 Å². The van der Waals surface area contributed by atoms with Gasteiger partial charge in [-0.2, -0.15) is 4.98 Å². The van der Waals surface area contributed by atoms with E-state index in [1.807, 2.05) is 0 Å². The lowest BCUT2D eigenvalue weighted by Gasteiger charge is -2.34. The Morgan fingerprint density at radius 2 is 2.04 bits per heavy atom. The van der Waals surface area contributed by atoms with Crippen LogP contribution in [0.25, 0.3) is 0 Å². The van der Waals surface area contributed by atoms with Crippen LogP contribution in [0.3, 0.4) is 0 Å². The van der Waals surface area contributed by atoms with Crippen LogP contribution in [-0.4, -0.2) is 35.7 Å². The van der Waals surface area contributed by atoms with Crippen molar-refractivity contribution in [2.75, 3.05) is 19.6 Å². The number of carbonyl (C=O) groups excluding carboxylic acids is 1. The van der Waals surface area contributed by atoms with E-state index in [-0.39, 0.29) is 16.7 Å². The second-order valence-corrected chi connectivity index (χ2v) is 7.95. The summed E-state index contributed by atoms with van der Waals surface area (Å²) in [6, 6.07) is 0. The third-order valence-corrected chi connectivity index (χ3v) is 4.46. The third-order valence-electron chi connectivity index (χ3n) is 4.46. The molecule has 23 heavy (non-hydrogen) atoms. The number of aromatic nitrogens is 2. The molecule has 1 amide bonds. The molecular formula is C17H30N4O2. The van der Waals surface area contributed by atoms with Gasteiger partial charge in [-0.1, -0.05) is 32.9 Å². The highest BCUT2D eigenvalue weighted by Crippen LogP contribution is 2.26. The Morgan fingerprint density at radius 3 is 2.65 bits per heavy atom. The molecule has 1 fully saturated rings. The van der Waals surface area contributed by atoms with E-state index < -0.39 is 0 Å². The minimum Gasteiger partial charge on any atom is -0.356 e. The Morgan fingerprint density at radius 1 is 1.35 bits per heavy atom. The fourth-order valence-corrected chi connectivity index (χ4v) is 2.67. The Balaban J connectivity index is 1.67. The van der Waals surface area contributed by atoms with Crippen LogP contribution >= 0.6 is 0 Å². The molecule has 2 N–H and O–H groups in total. The molecule has 0 radical (unpaired) electrons. The van der Waals surface area contributed by atoms with Crippen molar-refractivity contribution >= 4 is 5.91 Å². The molecule has 6 nitrogen and oxygen atoms in total. The molecule has 1 aliphatic rings. The highest BCUT2D eigenvalue weighted by molar-refractivity contribution is 5.75. The third kappa shape index (κ3) is 5.61. The molecule has 1 aliphatic heterocycles. The summed E-state index contributed by atoms with van der Waals surface area (Å²) < 4.78 is 5.24. The number of carbonyl (C=O) groups is 1. The summed E-state index contributed by atoms with van der Waals surface area (Å²) in [5.74, 6) is 1.45. The summed E-state index contributed by atoms with van der Waals surface area (Å²) in [7, 11) is 0. The summed E-state index contributed by atoms with van der Waals surface area (Å²) >= 11 is 0. The zero-order valence-electron chi connectivity index (χ0n) is 14.9. The number of nitrogens with one attached hydrogen (secondary N) is 2. The molecule has 0 aromatic carbocycles. The van der Waals surface area contributed by atoms with Gasteiger partial charge in [0.15, 0.2) is 5.82 Å². The second-order valence-electron chi connectivity index (χ2n) is 7.95. The molecule has 6 heteroatoms. The average Bonchev–Trinajstić information content (AvgIpc) is 2.95. The number of amides is 1. The summed E-state index contributed by atoms with van der Waals surface area (Å²) in [5.41, 5.74) is 0.123. The van der Waals surface area contributed by atoms with Crippen molar-refractivity contribution in [2.24, 2.45) is 5.41 Å². The first-order valence-corrected chi connectivity index (χ1v) is 8.59. The SMILES string of the molecule is CC1(CNC(=O)CCCc2nc(C(C)(C)C)no2)CCNCC1. The van der Waals surface area contributed by atoms with E-state index >= 15 is 0 Å². The summed E-state index contributed by atoms with van der Waals surface area (Å²) in [5, 5.41) is 10.4. The monoisotopic (exact) mass is 322 g/mol. The van der Waals surface area contributed by atoms with Crippen LogP contribution in [0.4, 0.5) is 0 Å². The topological polar surface area (TPSA) is 80.1 Å². The molecule has 0 aliphatic carbocycles. The van der Waals surface area contributed by atoms with Crippen LogP contribution in [0.5, 0.6) is 0 Å². The maximum Gasteiger partial charge on any atom is 0.226 e. The van der Waals surface area contributed by atoms with Crippen LogP contribution in [-0.2, 0) is 16.6 Å². The van der Waals surface area contributed by atoms with Gasteiger partial charge in [0, 0.05) is 24.8 Å². The largest absolute Gasteiger partial charge is 0.356 e. The predicted molar refractivity (Wildman–Crippen MR) is 89.2 cm³/mol. The molecule has 2 rings (SSSR count). The van der Waals surface area contributed by atoms with Crippen molar-refractivity contribution in [1.82, 2.24) is 20.8 Å². The molecule has 1 aromatic rings. The van der Waals surface area contributed by atoms with Crippen LogP contribution in [0.15, 0.2) is 4.52 Å². The van der Waals surface area contributed by atoms with Crippen LogP contribution in [0.1, 0.15) is 65.1 Å². The van der Waals surface area contributed by atoms with Gasteiger partial charge in [-0.25, -0.2) is 0 Å². The van der Waals surface area contributed by atoms with E-state index in [4.69, 9.17) is 4.52 Å². The smallest absolute Gasteiger partial charge is 0.226 e. The zero-order valence-corrected chi connectivity index (χ0v) is 14.9. The molecule has 1 aromatic heterocycles. The van der Waals surface area contributed by atoms with Crippen LogP contribution in [0.2, 0.25) is 0 Å². The first-order valence-electron chi connectivity index (χ1n) is 8.59. The maximum atomic E-state index is 12.0. The zero-order chi connectivity index (χ0) is 16.9. The van der Waals surface area contributed by atoms with Crippen LogP contribution < -0.4 is 10.6 Å². The van der Waals surface area contributed by atoms with Gasteiger partial charge in [0.05, 0.1) is 0 Å². The lowest BCUT2D eigenvalue weighted by atomic mass is 9.81. The molecule has 0 bridgehead atoms. The summed E-state index contributed by atoms with van der Waals surface area (Å²) in [6.07, 6.45) is 4.12. The predicted octanol–water partition coefficient (Wildman–Crippen LogP) is 2.20. The summed E-state index contributed by atoms with van der Waals surface area (Å²) in [6.45, 7) is 11.3. The quantitative estimate of drug-likeness (QED) is 0.839. The number of nitrogens with zero attached hydrogens (tertiary/aromatic N) is 2. The van der Waals surface area contributed by atoms with Gasteiger partial charge in [-0.15, -0.1) is 0 Å². The molecule has 0 saturated carbocycles. The minimum atomic E-state index is -0.108. The van der Waals surface area contributed by atoms with Crippen molar-refractivity contribution < 1.29 is 9.32 Å². The van der Waals surface area contributed by atoms with Gasteiger partial charge >= 0.3 is 0 Å². The van der Waals surface area contributed by atoms with E-state index in [0.717, 1.165) is 44.7 Å². The lowest BCUT2D eigenvalue weighted by molar-refractivity contribution is -0.121. The van der Waals surface area contributed by atoms with Crippen molar-refractivity contribution in [3.05, 3.63) is 11.7 Å². The highest BCUT2D eigenvalue weighted by Gasteiger charge is 2.27. The van der Waals surface area contributed by atoms with Crippen molar-refractivity contribution in [3.8, 4) is 0 Å². The number of hydrogen-bond acceptors (Lipinski definition) is 5. The fourth-order valence-electron chi connectivity index (χ4n) is 2.67. The van der Waals surface area contributed by atoms with Gasteiger partial charge < -0.3 is 15.2 Å². The Hall–Kier alpha value is -1.43. The van der Waals surface area contributed by atoms with Crippen molar-refractivity contribution in [2.45, 2.75) is 65.2 Å². The van der Waals surface area contributed by atoms with Crippen LogP contribution in [0, 0.1) is 5.41 Å². The lowest BCUT2D eigenvalue weighted by Crippen LogP contribution is -2.42. The van der Waals surface area contributed by atoms with Gasteiger partial charge in [-0.05, 0) is 37.8 Å². The van der Waals surface area contributed by atoms with Gasteiger partial charge in [0.1, 0.15) is 0 Å². The van der Waals surface area contributed by atoms with Gasteiger partial charge in [0.2, 0.25) is 11.8 Å².